The molecule has 0 radical (unpaired) electrons. The van der Waals surface area contributed by atoms with Gasteiger partial charge in [-0.2, -0.15) is 4.98 Å². The van der Waals surface area contributed by atoms with Gasteiger partial charge in [0.1, 0.15) is 0 Å². The molecule has 4 rings (SSSR count). The van der Waals surface area contributed by atoms with E-state index in [-0.39, 0.29) is 11.8 Å². The van der Waals surface area contributed by atoms with Crippen LogP contribution in [0.5, 0.6) is 5.75 Å². The van der Waals surface area contributed by atoms with Gasteiger partial charge in [0.25, 0.3) is 5.89 Å². The fourth-order valence-corrected chi connectivity index (χ4v) is 4.51. The van der Waals surface area contributed by atoms with Gasteiger partial charge in [-0.25, -0.2) is 4.39 Å². The number of nitrogens with one attached hydrogen (secondary N) is 1. The molecule has 1 aliphatic rings. The molecule has 1 unspecified atom stereocenters. The Bertz CT molecular complexity index is 1240. The zero-order valence-corrected chi connectivity index (χ0v) is 21.6. The number of methoxy groups -OCH3 is 1. The maximum atomic E-state index is 14.3. The number of thiocarbonyl (C=S) groups is 1. The number of hydrogen-bond acceptors (Lipinski definition) is 5. The number of benzene rings is 2. The summed E-state index contributed by atoms with van der Waals surface area (Å²) in [5.74, 6) is 0.905. The number of aromatic nitrogens is 2. The summed E-state index contributed by atoms with van der Waals surface area (Å²) in [5, 5.41) is 8.33. The van der Waals surface area contributed by atoms with Crippen LogP contribution in [0.15, 0.2) is 52.7 Å². The number of allylic oxidation sites excluding steroid dienone is 1. The number of hydrogen-bond donors (Lipinski definition) is 1. The summed E-state index contributed by atoms with van der Waals surface area (Å²) in [7, 11) is 1.43. The molecule has 1 aromatic heterocycles. The lowest BCUT2D eigenvalue weighted by molar-refractivity contribution is 0.386. The second kappa shape index (κ2) is 10.6. The van der Waals surface area contributed by atoms with E-state index in [0.29, 0.717) is 28.3 Å². The van der Waals surface area contributed by atoms with Crippen molar-refractivity contribution in [1.29, 1.82) is 0 Å². The summed E-state index contributed by atoms with van der Waals surface area (Å²) < 4.78 is 25.1. The SMILES string of the molecule is CCc1ccc(C2NC(=S)N(CCC(C)C)C(C)=C2c2nc(-c3ccc(OC)c(F)c3)no2)cc1. The highest BCUT2D eigenvalue weighted by atomic mass is 32.1. The molecule has 8 heteroatoms. The van der Waals surface area contributed by atoms with Gasteiger partial charge in [0.2, 0.25) is 5.82 Å². The van der Waals surface area contributed by atoms with Crippen molar-refractivity contribution in [2.24, 2.45) is 5.92 Å². The van der Waals surface area contributed by atoms with Crippen LogP contribution in [0.2, 0.25) is 0 Å². The Morgan fingerprint density at radius 3 is 2.57 bits per heavy atom. The second-order valence-electron chi connectivity index (χ2n) is 9.08. The molecule has 184 valence electrons. The molecule has 2 heterocycles. The highest BCUT2D eigenvalue weighted by molar-refractivity contribution is 7.80. The zero-order valence-electron chi connectivity index (χ0n) is 20.8. The average Bonchev–Trinajstić information content (AvgIpc) is 3.33. The smallest absolute Gasteiger partial charge is 0.258 e. The molecular formula is C27H31FN4O2S. The van der Waals surface area contributed by atoms with Crippen LogP contribution in [-0.4, -0.2) is 33.8 Å². The Balaban J connectivity index is 1.77. The highest BCUT2D eigenvalue weighted by Gasteiger charge is 2.34. The molecule has 35 heavy (non-hydrogen) atoms. The first kappa shape index (κ1) is 24.9. The van der Waals surface area contributed by atoms with Crippen molar-refractivity contribution in [3.63, 3.8) is 0 Å². The van der Waals surface area contributed by atoms with Gasteiger partial charge in [-0.3, -0.25) is 0 Å². The lowest BCUT2D eigenvalue weighted by Crippen LogP contribution is -2.46. The standard InChI is InChI=1S/C27H31FN4O2S/c1-6-18-7-9-19(10-8-18)24-23(17(4)32(27(35)29-24)14-13-16(2)3)26-30-25(31-34-26)20-11-12-22(33-5)21(28)15-20/h7-12,15-16,24H,6,13-14H2,1-5H3,(H,29,35). The molecule has 1 N–H and O–H groups in total. The van der Waals surface area contributed by atoms with Gasteiger partial charge < -0.3 is 19.5 Å². The predicted molar refractivity (Wildman–Crippen MR) is 139 cm³/mol. The molecule has 0 bridgehead atoms. The number of nitrogens with zero attached hydrogens (tertiary/aromatic N) is 3. The van der Waals surface area contributed by atoms with Gasteiger partial charge >= 0.3 is 0 Å². The summed E-state index contributed by atoms with van der Waals surface area (Å²) in [6, 6.07) is 12.8. The normalized spacial score (nSPS) is 16.1. The Labute approximate surface area is 211 Å². The van der Waals surface area contributed by atoms with E-state index >= 15 is 0 Å². The van der Waals surface area contributed by atoms with E-state index in [1.54, 1.807) is 12.1 Å². The molecule has 0 fully saturated rings. The molecule has 0 saturated carbocycles. The maximum absolute atomic E-state index is 14.3. The third-order valence-corrected chi connectivity index (χ3v) is 6.65. The van der Waals surface area contributed by atoms with Crippen LogP contribution in [0.4, 0.5) is 4.39 Å². The van der Waals surface area contributed by atoms with Crippen molar-refractivity contribution in [1.82, 2.24) is 20.4 Å². The van der Waals surface area contributed by atoms with Crippen LogP contribution in [0.3, 0.4) is 0 Å². The van der Waals surface area contributed by atoms with Crippen LogP contribution in [-0.2, 0) is 6.42 Å². The van der Waals surface area contributed by atoms with Gasteiger partial charge in [-0.05, 0) is 67.2 Å². The van der Waals surface area contributed by atoms with Crippen molar-refractivity contribution in [2.45, 2.75) is 46.6 Å². The van der Waals surface area contributed by atoms with Gasteiger partial charge in [-0.1, -0.05) is 50.2 Å². The topological polar surface area (TPSA) is 63.4 Å². The van der Waals surface area contributed by atoms with Crippen LogP contribution in [0.1, 0.15) is 57.2 Å². The monoisotopic (exact) mass is 494 g/mol. The van der Waals surface area contributed by atoms with Crippen molar-refractivity contribution in [3.05, 3.63) is 71.0 Å². The van der Waals surface area contributed by atoms with E-state index in [4.69, 9.17) is 21.5 Å². The Hall–Kier alpha value is -3.26. The van der Waals surface area contributed by atoms with Crippen LogP contribution in [0, 0.1) is 11.7 Å². The molecule has 0 spiro atoms. The molecule has 2 aromatic carbocycles. The summed E-state index contributed by atoms with van der Waals surface area (Å²) in [6.07, 6.45) is 1.95. The zero-order chi connectivity index (χ0) is 25.1. The van der Waals surface area contributed by atoms with E-state index in [9.17, 15) is 4.39 Å². The quantitative estimate of drug-likeness (QED) is 0.377. The summed E-state index contributed by atoms with van der Waals surface area (Å²) in [4.78, 5) is 6.76. The van der Waals surface area contributed by atoms with Gasteiger partial charge in [-0.15, -0.1) is 0 Å². The minimum Gasteiger partial charge on any atom is -0.494 e. The minimum atomic E-state index is -0.481. The number of rotatable bonds is 8. The number of halogens is 1. The first-order chi connectivity index (χ1) is 16.8. The number of ether oxygens (including phenoxy) is 1. The Morgan fingerprint density at radius 1 is 1.20 bits per heavy atom. The van der Waals surface area contributed by atoms with E-state index in [1.807, 2.05) is 6.92 Å². The lowest BCUT2D eigenvalue weighted by Gasteiger charge is -2.37. The van der Waals surface area contributed by atoms with Crippen LogP contribution in [0.25, 0.3) is 17.0 Å². The van der Waals surface area contributed by atoms with Gasteiger partial charge in [0.05, 0.1) is 18.7 Å². The van der Waals surface area contributed by atoms with Crippen molar-refractivity contribution < 1.29 is 13.7 Å². The van der Waals surface area contributed by atoms with Gasteiger partial charge in [0.15, 0.2) is 16.7 Å². The van der Waals surface area contributed by atoms with Crippen molar-refractivity contribution in [3.8, 4) is 17.1 Å². The average molecular weight is 495 g/mol. The maximum Gasteiger partial charge on any atom is 0.258 e. The summed E-state index contributed by atoms with van der Waals surface area (Å²) >= 11 is 5.77. The van der Waals surface area contributed by atoms with Crippen molar-refractivity contribution >= 4 is 22.9 Å². The van der Waals surface area contributed by atoms with E-state index in [0.717, 1.165) is 36.2 Å². The fourth-order valence-electron chi connectivity index (χ4n) is 4.17. The van der Waals surface area contributed by atoms with Crippen LogP contribution < -0.4 is 10.1 Å². The first-order valence-corrected chi connectivity index (χ1v) is 12.3. The Morgan fingerprint density at radius 2 is 1.94 bits per heavy atom. The van der Waals surface area contributed by atoms with E-state index in [2.05, 4.69) is 65.4 Å². The fraction of sp³-hybridized carbons (Fsp3) is 0.370. The summed E-state index contributed by atoms with van der Waals surface area (Å²) in [5.41, 5.74) is 4.65. The minimum absolute atomic E-state index is 0.164. The Kier molecular flexibility index (Phi) is 7.50. The molecule has 0 amide bonds. The third-order valence-electron chi connectivity index (χ3n) is 6.31. The van der Waals surface area contributed by atoms with Crippen LogP contribution >= 0.6 is 12.2 Å². The molecular weight excluding hydrogens is 463 g/mol. The lowest BCUT2D eigenvalue weighted by atomic mass is 9.93. The van der Waals surface area contributed by atoms with E-state index in [1.165, 1.54) is 18.7 Å². The molecule has 6 nitrogen and oxygen atoms in total. The summed E-state index contributed by atoms with van der Waals surface area (Å²) in [6.45, 7) is 9.33. The molecule has 0 saturated heterocycles. The number of aryl methyl sites for hydroxylation is 1. The molecule has 0 aliphatic carbocycles. The van der Waals surface area contributed by atoms with E-state index < -0.39 is 5.82 Å². The van der Waals surface area contributed by atoms with Gasteiger partial charge in [0, 0.05) is 17.8 Å². The highest BCUT2D eigenvalue weighted by Crippen LogP contribution is 2.38. The first-order valence-electron chi connectivity index (χ1n) is 11.9. The predicted octanol–water partition coefficient (Wildman–Crippen LogP) is 6.16. The third kappa shape index (κ3) is 5.22. The molecule has 1 atom stereocenters. The largest absolute Gasteiger partial charge is 0.494 e. The van der Waals surface area contributed by atoms with Crippen molar-refractivity contribution in [2.75, 3.05) is 13.7 Å². The molecule has 1 aliphatic heterocycles. The molecule has 3 aromatic rings. The second-order valence-corrected chi connectivity index (χ2v) is 9.47.